The lowest BCUT2D eigenvalue weighted by Gasteiger charge is -2.21. The summed E-state index contributed by atoms with van der Waals surface area (Å²) in [4.78, 5) is 0. The van der Waals surface area contributed by atoms with Crippen molar-refractivity contribution in [1.82, 2.24) is 0 Å². The van der Waals surface area contributed by atoms with Gasteiger partial charge in [-0.1, -0.05) is 26.7 Å². The van der Waals surface area contributed by atoms with Crippen LogP contribution in [0, 0.1) is 0 Å². The van der Waals surface area contributed by atoms with Crippen molar-refractivity contribution in [3.63, 3.8) is 0 Å². The van der Waals surface area contributed by atoms with E-state index in [0.29, 0.717) is 12.8 Å². The Morgan fingerprint density at radius 3 is 1.53 bits per heavy atom. The molecule has 0 bridgehead atoms. The summed E-state index contributed by atoms with van der Waals surface area (Å²) in [5, 5.41) is 0. The van der Waals surface area contributed by atoms with Crippen LogP contribution in [0.15, 0.2) is 0 Å². The Kier molecular flexibility index (Phi) is 10.2. The minimum Gasteiger partial charge on any atom is -0.290 e. The molecule has 0 aliphatic heterocycles. The fourth-order valence-electron chi connectivity index (χ4n) is 0.989. The van der Waals surface area contributed by atoms with E-state index >= 15 is 0 Å². The third kappa shape index (κ3) is 8.20. The van der Waals surface area contributed by atoms with Crippen LogP contribution >= 0.6 is 15.6 Å². The van der Waals surface area contributed by atoms with E-state index in [2.05, 4.69) is 9.05 Å². The molecule has 0 saturated heterocycles. The van der Waals surface area contributed by atoms with Gasteiger partial charge in [-0.3, -0.25) is 18.1 Å². The van der Waals surface area contributed by atoms with Crippen molar-refractivity contribution in [3.8, 4) is 0 Å². The molecule has 0 fully saturated rings. The van der Waals surface area contributed by atoms with E-state index in [-0.39, 0.29) is 13.2 Å². The lowest BCUT2D eigenvalue weighted by atomic mass is 10.4. The molecule has 0 aliphatic carbocycles. The third-order valence-corrected chi connectivity index (χ3v) is 5.63. The van der Waals surface area contributed by atoms with Crippen LogP contribution in [0.2, 0.25) is 0 Å². The average Bonchev–Trinajstić information content (AvgIpc) is 2.39. The number of phosphoric ester groups is 2. The highest BCUT2D eigenvalue weighted by Gasteiger charge is 2.39. The topological polar surface area (TPSA) is 80.3 Å². The fraction of sp³-hybridized carbons (Fsp3) is 1.00. The molecule has 0 aliphatic rings. The average molecular weight is 318 g/mol. The van der Waals surface area contributed by atoms with Crippen molar-refractivity contribution in [2.45, 2.75) is 39.5 Å². The van der Waals surface area contributed by atoms with Gasteiger partial charge in [0, 0.05) is 14.2 Å². The molecule has 19 heavy (non-hydrogen) atoms. The number of hydrogen-bond acceptors (Lipinski definition) is 7. The molecular formula is C10H24O7P2. The van der Waals surface area contributed by atoms with Gasteiger partial charge in [0.1, 0.15) is 0 Å². The van der Waals surface area contributed by atoms with Crippen LogP contribution in [0.1, 0.15) is 39.5 Å². The molecule has 0 rings (SSSR count). The Balaban J connectivity index is 4.63. The summed E-state index contributed by atoms with van der Waals surface area (Å²) < 4.78 is 48.3. The minimum absolute atomic E-state index is 0.188. The molecule has 0 aromatic rings. The SMILES string of the molecule is CCCCOP(=O)(OCCCC)OP(=O)(OC)OC. The zero-order valence-corrected chi connectivity index (χ0v) is 13.8. The molecule has 116 valence electrons. The van der Waals surface area contributed by atoms with Gasteiger partial charge in [-0.15, -0.1) is 0 Å². The van der Waals surface area contributed by atoms with Crippen molar-refractivity contribution in [2.75, 3.05) is 27.4 Å². The van der Waals surface area contributed by atoms with Crippen LogP contribution in [0.3, 0.4) is 0 Å². The van der Waals surface area contributed by atoms with Gasteiger partial charge in [-0.2, -0.15) is 4.31 Å². The maximum absolute atomic E-state index is 12.3. The molecule has 0 spiro atoms. The Hall–Kier alpha value is 0.260. The van der Waals surface area contributed by atoms with Crippen molar-refractivity contribution in [2.24, 2.45) is 0 Å². The number of hydrogen-bond donors (Lipinski definition) is 0. The second-order valence-electron chi connectivity index (χ2n) is 3.71. The van der Waals surface area contributed by atoms with Crippen molar-refractivity contribution >= 4 is 15.6 Å². The summed E-state index contributed by atoms with van der Waals surface area (Å²) in [6.45, 7) is 4.30. The summed E-state index contributed by atoms with van der Waals surface area (Å²) >= 11 is 0. The molecule has 0 heterocycles. The van der Waals surface area contributed by atoms with Gasteiger partial charge >= 0.3 is 15.6 Å². The van der Waals surface area contributed by atoms with Gasteiger partial charge in [-0.25, -0.2) is 9.13 Å². The maximum Gasteiger partial charge on any atom is 0.483 e. The summed E-state index contributed by atoms with van der Waals surface area (Å²) in [5.74, 6) is 0. The molecule has 0 atom stereocenters. The Bertz CT molecular complexity index is 299. The van der Waals surface area contributed by atoms with Gasteiger partial charge in [-0.05, 0) is 12.8 Å². The first-order valence-corrected chi connectivity index (χ1v) is 9.19. The molecule has 0 N–H and O–H groups in total. The largest absolute Gasteiger partial charge is 0.483 e. The summed E-state index contributed by atoms with van der Waals surface area (Å²) in [5.41, 5.74) is 0. The van der Waals surface area contributed by atoms with E-state index in [4.69, 9.17) is 13.4 Å². The Labute approximate surface area is 115 Å². The van der Waals surface area contributed by atoms with E-state index < -0.39 is 15.6 Å². The lowest BCUT2D eigenvalue weighted by molar-refractivity contribution is 0.125. The van der Waals surface area contributed by atoms with Crippen LogP contribution < -0.4 is 0 Å². The first-order valence-electron chi connectivity index (χ1n) is 6.27. The Morgan fingerprint density at radius 2 is 1.21 bits per heavy atom. The first-order chi connectivity index (χ1) is 8.95. The van der Waals surface area contributed by atoms with Crippen molar-refractivity contribution in [1.29, 1.82) is 0 Å². The normalized spacial score (nSPS) is 12.8. The van der Waals surface area contributed by atoms with Gasteiger partial charge in [0.05, 0.1) is 13.2 Å². The smallest absolute Gasteiger partial charge is 0.290 e. The van der Waals surface area contributed by atoms with E-state index in [1.807, 2.05) is 13.8 Å². The summed E-state index contributed by atoms with van der Waals surface area (Å²) in [6, 6.07) is 0. The van der Waals surface area contributed by atoms with Crippen LogP contribution in [0.4, 0.5) is 0 Å². The van der Waals surface area contributed by atoms with E-state index in [1.165, 1.54) is 0 Å². The number of rotatable bonds is 12. The standard InChI is InChI=1S/C10H24O7P2/c1-5-7-9-15-19(12,16-10-8-6-2)17-18(11,13-3)14-4/h5-10H2,1-4H3. The van der Waals surface area contributed by atoms with E-state index in [0.717, 1.165) is 27.1 Å². The second-order valence-corrected chi connectivity index (χ2v) is 7.40. The monoisotopic (exact) mass is 318 g/mol. The maximum atomic E-state index is 12.3. The van der Waals surface area contributed by atoms with Crippen molar-refractivity contribution in [3.05, 3.63) is 0 Å². The van der Waals surface area contributed by atoms with E-state index in [1.54, 1.807) is 0 Å². The lowest BCUT2D eigenvalue weighted by Crippen LogP contribution is -2.03. The predicted octanol–water partition coefficient (Wildman–Crippen LogP) is 4.15. The zero-order chi connectivity index (χ0) is 14.8. The quantitative estimate of drug-likeness (QED) is 0.395. The fourth-order valence-corrected chi connectivity index (χ4v) is 3.81. The highest BCUT2D eigenvalue weighted by Crippen LogP contribution is 2.65. The van der Waals surface area contributed by atoms with Crippen LogP contribution in [0.25, 0.3) is 0 Å². The molecule has 9 heteroatoms. The van der Waals surface area contributed by atoms with Crippen molar-refractivity contribution < 1.29 is 31.5 Å². The second kappa shape index (κ2) is 10.1. The van der Waals surface area contributed by atoms with Crippen LogP contribution in [0.5, 0.6) is 0 Å². The Morgan fingerprint density at radius 1 is 0.789 bits per heavy atom. The molecule has 0 radical (unpaired) electrons. The predicted molar refractivity (Wildman–Crippen MR) is 72.0 cm³/mol. The molecule has 0 aromatic heterocycles. The third-order valence-electron chi connectivity index (χ3n) is 2.14. The zero-order valence-electron chi connectivity index (χ0n) is 12.0. The minimum atomic E-state index is -3.95. The van der Waals surface area contributed by atoms with Gasteiger partial charge in [0.2, 0.25) is 0 Å². The molecule has 0 saturated carbocycles. The summed E-state index contributed by atoms with van der Waals surface area (Å²) in [7, 11) is -5.60. The van der Waals surface area contributed by atoms with Crippen LogP contribution in [-0.2, 0) is 31.5 Å². The highest BCUT2D eigenvalue weighted by molar-refractivity contribution is 7.62. The van der Waals surface area contributed by atoms with Gasteiger partial charge < -0.3 is 0 Å². The molecule has 0 aromatic carbocycles. The summed E-state index contributed by atoms with van der Waals surface area (Å²) in [6.07, 6.45) is 3.10. The van der Waals surface area contributed by atoms with Crippen LogP contribution in [-0.4, -0.2) is 27.4 Å². The highest BCUT2D eigenvalue weighted by atomic mass is 31.3. The van der Waals surface area contributed by atoms with Gasteiger partial charge in [0.25, 0.3) is 0 Å². The van der Waals surface area contributed by atoms with Gasteiger partial charge in [0.15, 0.2) is 0 Å². The molecule has 7 nitrogen and oxygen atoms in total. The molecule has 0 unspecified atom stereocenters. The molecular weight excluding hydrogens is 294 g/mol. The first kappa shape index (κ1) is 19.3. The molecule has 0 amide bonds. The van der Waals surface area contributed by atoms with E-state index in [9.17, 15) is 9.13 Å². The number of unbranched alkanes of at least 4 members (excludes halogenated alkanes) is 2. The number of phosphoric acid groups is 2.